The lowest BCUT2D eigenvalue weighted by Crippen LogP contribution is -2.40. The number of rotatable bonds is 5. The van der Waals surface area contributed by atoms with Crippen molar-refractivity contribution in [3.63, 3.8) is 0 Å². The molecule has 26 heavy (non-hydrogen) atoms. The number of amides is 3. The molecular weight excluding hydrogens is 352 g/mol. The van der Waals surface area contributed by atoms with Crippen molar-refractivity contribution >= 4 is 23.5 Å². The van der Waals surface area contributed by atoms with Crippen molar-refractivity contribution in [2.75, 3.05) is 0 Å². The van der Waals surface area contributed by atoms with Crippen LogP contribution in [0.5, 0.6) is 5.75 Å². The van der Waals surface area contributed by atoms with Crippen LogP contribution in [-0.4, -0.2) is 22.9 Å². The number of carbonyl (C=O) groups excluding carboxylic acids is 2. The van der Waals surface area contributed by atoms with Crippen LogP contribution in [0.15, 0.2) is 48.5 Å². The standard InChI is InChI=1S/C20H21ClN2O3/c1-13(2)26-17-10-4-14(5-11-17)12-23-18(24)20(3,22-19(23)25)15-6-8-16(21)9-7-15/h4-11,13H,12H2,1-3H3,(H,22,25). The molecule has 1 atom stereocenters. The Labute approximate surface area is 157 Å². The van der Waals surface area contributed by atoms with Crippen LogP contribution in [0.1, 0.15) is 31.9 Å². The molecular formula is C20H21ClN2O3. The highest BCUT2D eigenvalue weighted by Gasteiger charge is 2.48. The number of urea groups is 1. The van der Waals surface area contributed by atoms with Crippen molar-refractivity contribution in [1.29, 1.82) is 0 Å². The van der Waals surface area contributed by atoms with E-state index in [4.69, 9.17) is 16.3 Å². The summed E-state index contributed by atoms with van der Waals surface area (Å²) < 4.78 is 5.61. The molecule has 0 radical (unpaired) electrons. The largest absolute Gasteiger partial charge is 0.491 e. The number of nitrogens with zero attached hydrogens (tertiary/aromatic N) is 1. The highest BCUT2D eigenvalue weighted by atomic mass is 35.5. The Kier molecular flexibility index (Phi) is 4.92. The second-order valence-corrected chi connectivity index (χ2v) is 7.20. The summed E-state index contributed by atoms with van der Waals surface area (Å²) in [6, 6.07) is 13.9. The van der Waals surface area contributed by atoms with Gasteiger partial charge in [0, 0.05) is 5.02 Å². The molecule has 2 aromatic carbocycles. The number of halogens is 1. The van der Waals surface area contributed by atoms with Crippen LogP contribution >= 0.6 is 11.6 Å². The van der Waals surface area contributed by atoms with Crippen LogP contribution in [0.25, 0.3) is 0 Å². The lowest BCUT2D eigenvalue weighted by atomic mass is 9.92. The molecule has 2 aromatic rings. The van der Waals surface area contributed by atoms with E-state index in [0.717, 1.165) is 11.3 Å². The smallest absolute Gasteiger partial charge is 0.325 e. The van der Waals surface area contributed by atoms with Crippen LogP contribution in [0, 0.1) is 0 Å². The van der Waals surface area contributed by atoms with Crippen molar-refractivity contribution in [2.45, 2.75) is 39.0 Å². The minimum Gasteiger partial charge on any atom is -0.491 e. The zero-order chi connectivity index (χ0) is 18.9. The van der Waals surface area contributed by atoms with Crippen LogP contribution in [0.4, 0.5) is 4.79 Å². The van der Waals surface area contributed by atoms with Gasteiger partial charge in [0.25, 0.3) is 5.91 Å². The molecule has 0 aliphatic carbocycles. The number of nitrogens with one attached hydrogen (secondary N) is 1. The van der Waals surface area contributed by atoms with E-state index in [2.05, 4.69) is 5.32 Å². The Morgan fingerprint density at radius 1 is 1.08 bits per heavy atom. The van der Waals surface area contributed by atoms with E-state index in [-0.39, 0.29) is 18.6 Å². The van der Waals surface area contributed by atoms with E-state index in [1.54, 1.807) is 31.2 Å². The second-order valence-electron chi connectivity index (χ2n) is 6.76. The highest BCUT2D eigenvalue weighted by molar-refractivity contribution is 6.30. The van der Waals surface area contributed by atoms with E-state index < -0.39 is 11.6 Å². The third kappa shape index (κ3) is 3.53. The molecule has 5 nitrogen and oxygen atoms in total. The average Bonchev–Trinajstić information content (AvgIpc) is 2.81. The van der Waals surface area contributed by atoms with Gasteiger partial charge >= 0.3 is 6.03 Å². The fourth-order valence-electron chi connectivity index (χ4n) is 2.95. The Balaban J connectivity index is 1.78. The van der Waals surface area contributed by atoms with Crippen LogP contribution in [0.3, 0.4) is 0 Å². The molecule has 1 aliphatic heterocycles. The number of hydrogen-bond donors (Lipinski definition) is 1. The predicted molar refractivity (Wildman–Crippen MR) is 100 cm³/mol. The first-order chi connectivity index (χ1) is 12.3. The summed E-state index contributed by atoms with van der Waals surface area (Å²) in [5.74, 6) is 0.472. The molecule has 1 heterocycles. The van der Waals surface area contributed by atoms with Crippen molar-refractivity contribution in [1.82, 2.24) is 10.2 Å². The van der Waals surface area contributed by atoms with Crippen LogP contribution in [0.2, 0.25) is 5.02 Å². The zero-order valence-electron chi connectivity index (χ0n) is 15.0. The van der Waals surface area contributed by atoms with Gasteiger partial charge in [-0.05, 0) is 56.2 Å². The van der Waals surface area contributed by atoms with Gasteiger partial charge in [-0.25, -0.2) is 4.79 Å². The molecule has 136 valence electrons. The monoisotopic (exact) mass is 372 g/mol. The maximum atomic E-state index is 12.9. The van der Waals surface area contributed by atoms with Crippen molar-refractivity contribution in [3.8, 4) is 5.75 Å². The minimum atomic E-state index is -1.09. The lowest BCUT2D eigenvalue weighted by Gasteiger charge is -2.22. The van der Waals surface area contributed by atoms with Crippen LogP contribution < -0.4 is 10.1 Å². The topological polar surface area (TPSA) is 58.6 Å². The summed E-state index contributed by atoms with van der Waals surface area (Å²) >= 11 is 5.92. The van der Waals surface area contributed by atoms with Gasteiger partial charge in [0.1, 0.15) is 11.3 Å². The molecule has 0 spiro atoms. The average molecular weight is 373 g/mol. The normalized spacial score (nSPS) is 19.8. The van der Waals surface area contributed by atoms with Gasteiger partial charge in [0.2, 0.25) is 0 Å². The fourth-order valence-corrected chi connectivity index (χ4v) is 3.07. The Morgan fingerprint density at radius 3 is 2.27 bits per heavy atom. The molecule has 0 aromatic heterocycles. The van der Waals surface area contributed by atoms with Gasteiger partial charge in [-0.1, -0.05) is 35.9 Å². The Morgan fingerprint density at radius 2 is 1.69 bits per heavy atom. The molecule has 0 saturated carbocycles. The summed E-state index contributed by atoms with van der Waals surface area (Å²) in [6.07, 6.45) is 0.0897. The number of imide groups is 1. The number of benzene rings is 2. The SMILES string of the molecule is CC(C)Oc1ccc(CN2C(=O)NC(C)(c3ccc(Cl)cc3)C2=O)cc1. The summed E-state index contributed by atoms with van der Waals surface area (Å²) in [5, 5.41) is 3.37. The van der Waals surface area contributed by atoms with E-state index in [1.165, 1.54) is 4.90 Å². The number of hydrogen-bond acceptors (Lipinski definition) is 3. The minimum absolute atomic E-state index is 0.0897. The summed E-state index contributed by atoms with van der Waals surface area (Å²) in [6.45, 7) is 5.82. The fraction of sp³-hybridized carbons (Fsp3) is 0.300. The molecule has 3 rings (SSSR count). The van der Waals surface area contributed by atoms with E-state index in [1.807, 2.05) is 38.1 Å². The van der Waals surface area contributed by atoms with Gasteiger partial charge in [0.15, 0.2) is 0 Å². The number of ether oxygens (including phenoxy) is 1. The Hall–Kier alpha value is -2.53. The predicted octanol–water partition coefficient (Wildman–Crippen LogP) is 4.09. The maximum absolute atomic E-state index is 12.9. The van der Waals surface area contributed by atoms with Gasteiger partial charge in [0.05, 0.1) is 12.6 Å². The third-order valence-corrected chi connectivity index (χ3v) is 4.58. The van der Waals surface area contributed by atoms with Gasteiger partial charge in [-0.2, -0.15) is 0 Å². The molecule has 1 unspecified atom stereocenters. The quantitative estimate of drug-likeness (QED) is 0.804. The molecule has 0 bridgehead atoms. The molecule has 1 fully saturated rings. The first-order valence-electron chi connectivity index (χ1n) is 8.45. The van der Waals surface area contributed by atoms with Gasteiger partial charge in [-0.3, -0.25) is 9.69 Å². The summed E-state index contributed by atoms with van der Waals surface area (Å²) in [7, 11) is 0. The van der Waals surface area contributed by atoms with Gasteiger partial charge < -0.3 is 10.1 Å². The van der Waals surface area contributed by atoms with Crippen molar-refractivity contribution in [2.24, 2.45) is 0 Å². The molecule has 6 heteroatoms. The Bertz CT molecular complexity index is 818. The molecule has 1 saturated heterocycles. The third-order valence-electron chi connectivity index (χ3n) is 4.33. The number of carbonyl (C=O) groups is 2. The summed E-state index contributed by atoms with van der Waals surface area (Å²) in [4.78, 5) is 26.6. The van der Waals surface area contributed by atoms with E-state index in [0.29, 0.717) is 10.6 Å². The highest BCUT2D eigenvalue weighted by Crippen LogP contribution is 2.30. The second kappa shape index (κ2) is 7.00. The first kappa shape index (κ1) is 18.3. The molecule has 1 aliphatic rings. The van der Waals surface area contributed by atoms with E-state index in [9.17, 15) is 9.59 Å². The molecule has 3 amide bonds. The maximum Gasteiger partial charge on any atom is 0.325 e. The zero-order valence-corrected chi connectivity index (χ0v) is 15.7. The van der Waals surface area contributed by atoms with Crippen molar-refractivity contribution in [3.05, 3.63) is 64.7 Å². The van der Waals surface area contributed by atoms with Crippen molar-refractivity contribution < 1.29 is 14.3 Å². The molecule has 1 N–H and O–H groups in total. The first-order valence-corrected chi connectivity index (χ1v) is 8.83. The summed E-state index contributed by atoms with van der Waals surface area (Å²) in [5.41, 5.74) is 0.455. The van der Waals surface area contributed by atoms with E-state index >= 15 is 0 Å². The van der Waals surface area contributed by atoms with Crippen LogP contribution in [-0.2, 0) is 16.9 Å². The van der Waals surface area contributed by atoms with Gasteiger partial charge in [-0.15, -0.1) is 0 Å². The lowest BCUT2D eigenvalue weighted by molar-refractivity contribution is -0.131.